The molecule has 1 aromatic heterocycles. The van der Waals surface area contributed by atoms with Gasteiger partial charge in [0, 0.05) is 19.1 Å². The van der Waals surface area contributed by atoms with Crippen LogP contribution in [0.2, 0.25) is 0 Å². The van der Waals surface area contributed by atoms with Gasteiger partial charge < -0.3 is 24.2 Å². The molecular weight excluding hydrogens is 330 g/mol. The summed E-state index contributed by atoms with van der Waals surface area (Å²) < 4.78 is 16.6. The predicted octanol–water partition coefficient (Wildman–Crippen LogP) is 3.06. The number of nitrogens with zero attached hydrogens (tertiary/aromatic N) is 2. The number of hydrogen-bond donors (Lipinski definition) is 1. The van der Waals surface area contributed by atoms with E-state index in [9.17, 15) is 0 Å². The first-order valence-corrected chi connectivity index (χ1v) is 9.21. The van der Waals surface area contributed by atoms with Crippen molar-refractivity contribution < 1.29 is 14.0 Å². The van der Waals surface area contributed by atoms with E-state index in [0.717, 1.165) is 41.6 Å². The third kappa shape index (κ3) is 4.37. The monoisotopic (exact) mass is 359 g/mol. The Balaban J connectivity index is 1.56. The molecule has 26 heavy (non-hydrogen) atoms. The Labute approximate surface area is 155 Å². The minimum Gasteiger partial charge on any atom is -0.493 e. The summed E-state index contributed by atoms with van der Waals surface area (Å²) >= 11 is 0. The van der Waals surface area contributed by atoms with Gasteiger partial charge in [-0.05, 0) is 58.0 Å². The average Bonchev–Trinajstić information content (AvgIpc) is 3.19. The van der Waals surface area contributed by atoms with Gasteiger partial charge in [-0.2, -0.15) is 0 Å². The van der Waals surface area contributed by atoms with Gasteiger partial charge >= 0.3 is 0 Å². The van der Waals surface area contributed by atoms with Crippen molar-refractivity contribution in [3.8, 4) is 11.5 Å². The Bertz CT molecular complexity index is 710. The maximum atomic E-state index is 5.94. The molecule has 6 heteroatoms. The first kappa shape index (κ1) is 18.7. The number of hydrogen-bond acceptors (Lipinski definition) is 6. The van der Waals surface area contributed by atoms with Crippen LogP contribution in [0.5, 0.6) is 11.5 Å². The van der Waals surface area contributed by atoms with Gasteiger partial charge in [-0.1, -0.05) is 11.2 Å². The van der Waals surface area contributed by atoms with Crippen molar-refractivity contribution in [2.75, 3.05) is 27.2 Å². The number of methoxy groups -OCH3 is 1. The smallest absolute Gasteiger partial charge is 0.161 e. The number of rotatable bonds is 8. The van der Waals surface area contributed by atoms with Crippen LogP contribution >= 0.6 is 0 Å². The number of benzene rings is 1. The van der Waals surface area contributed by atoms with Crippen molar-refractivity contribution in [2.24, 2.45) is 0 Å². The number of aromatic nitrogens is 1. The Morgan fingerprint density at radius 1 is 1.31 bits per heavy atom. The number of ether oxygens (including phenoxy) is 2. The molecule has 0 saturated carbocycles. The van der Waals surface area contributed by atoms with Crippen molar-refractivity contribution in [2.45, 2.75) is 45.9 Å². The second-order valence-corrected chi connectivity index (χ2v) is 6.98. The third-order valence-corrected chi connectivity index (χ3v) is 5.16. The summed E-state index contributed by atoms with van der Waals surface area (Å²) in [5.41, 5.74) is 3.03. The molecule has 1 N–H and O–H groups in total. The molecule has 1 aliphatic rings. The zero-order valence-corrected chi connectivity index (χ0v) is 16.2. The fraction of sp³-hybridized carbons (Fsp3) is 0.550. The number of aryl methyl sites for hydroxylation is 2. The Morgan fingerprint density at radius 2 is 2.15 bits per heavy atom. The summed E-state index contributed by atoms with van der Waals surface area (Å²) in [4.78, 5) is 2.43. The van der Waals surface area contributed by atoms with Crippen LogP contribution in [0.4, 0.5) is 0 Å². The zero-order chi connectivity index (χ0) is 18.5. The highest BCUT2D eigenvalue weighted by Crippen LogP contribution is 2.29. The van der Waals surface area contributed by atoms with Crippen molar-refractivity contribution in [1.29, 1.82) is 0 Å². The van der Waals surface area contributed by atoms with Crippen molar-refractivity contribution in [1.82, 2.24) is 15.4 Å². The van der Waals surface area contributed by atoms with Gasteiger partial charge in [0.1, 0.15) is 12.4 Å². The molecule has 1 atom stereocenters. The molecule has 0 amide bonds. The molecule has 1 fully saturated rings. The summed E-state index contributed by atoms with van der Waals surface area (Å²) in [5.74, 6) is 2.26. The molecule has 0 spiro atoms. The highest BCUT2D eigenvalue weighted by Gasteiger charge is 2.20. The van der Waals surface area contributed by atoms with Crippen molar-refractivity contribution in [3.05, 3.63) is 40.8 Å². The normalized spacial score (nSPS) is 17.6. The second-order valence-electron chi connectivity index (χ2n) is 6.98. The van der Waals surface area contributed by atoms with Crippen LogP contribution in [0, 0.1) is 13.8 Å². The van der Waals surface area contributed by atoms with E-state index in [0.29, 0.717) is 12.6 Å². The lowest BCUT2D eigenvalue weighted by Gasteiger charge is -2.20. The summed E-state index contributed by atoms with van der Waals surface area (Å²) in [5, 5.41) is 7.51. The van der Waals surface area contributed by atoms with Crippen LogP contribution in [0.25, 0.3) is 0 Å². The van der Waals surface area contributed by atoms with Crippen LogP contribution in [0.15, 0.2) is 22.7 Å². The molecule has 142 valence electrons. The lowest BCUT2D eigenvalue weighted by atomic mass is 10.1. The second kappa shape index (κ2) is 8.56. The van der Waals surface area contributed by atoms with E-state index >= 15 is 0 Å². The quantitative estimate of drug-likeness (QED) is 0.782. The molecule has 3 rings (SSSR count). The SMILES string of the molecule is COc1cc(CNC[C@H]2CCCN2C)ccc1OCc1c(C)noc1C. The first-order chi connectivity index (χ1) is 12.6. The molecule has 0 bridgehead atoms. The van der Waals surface area contributed by atoms with Crippen LogP contribution in [0.3, 0.4) is 0 Å². The van der Waals surface area contributed by atoms with E-state index in [1.54, 1.807) is 7.11 Å². The summed E-state index contributed by atoms with van der Waals surface area (Å²) in [6, 6.07) is 6.73. The topological polar surface area (TPSA) is 59.8 Å². The van der Waals surface area contributed by atoms with E-state index < -0.39 is 0 Å². The van der Waals surface area contributed by atoms with Gasteiger partial charge in [0.05, 0.1) is 18.4 Å². The van der Waals surface area contributed by atoms with Gasteiger partial charge in [-0.25, -0.2) is 0 Å². The lowest BCUT2D eigenvalue weighted by Crippen LogP contribution is -2.35. The van der Waals surface area contributed by atoms with Gasteiger partial charge in [0.15, 0.2) is 11.5 Å². The Kier molecular flexibility index (Phi) is 6.16. The fourth-order valence-electron chi connectivity index (χ4n) is 3.42. The lowest BCUT2D eigenvalue weighted by molar-refractivity contribution is 0.281. The number of likely N-dealkylation sites (tertiary alicyclic amines) is 1. The van der Waals surface area contributed by atoms with Gasteiger partial charge in [0.25, 0.3) is 0 Å². The van der Waals surface area contributed by atoms with E-state index in [1.165, 1.54) is 24.9 Å². The van der Waals surface area contributed by atoms with Crippen LogP contribution in [0.1, 0.15) is 35.4 Å². The van der Waals surface area contributed by atoms with Crippen molar-refractivity contribution >= 4 is 0 Å². The van der Waals surface area contributed by atoms with E-state index in [4.69, 9.17) is 14.0 Å². The Hall–Kier alpha value is -2.05. The Morgan fingerprint density at radius 3 is 2.81 bits per heavy atom. The standard InChI is InChI=1S/C20H29N3O3/c1-14-18(15(2)26-22-14)13-25-19-8-7-16(10-20(19)24-4)11-21-12-17-6-5-9-23(17)3/h7-8,10,17,21H,5-6,9,11-13H2,1-4H3/t17-/m1/s1. The van der Waals surface area contributed by atoms with Crippen LogP contribution in [-0.2, 0) is 13.2 Å². The van der Waals surface area contributed by atoms with E-state index in [1.807, 2.05) is 26.0 Å². The molecule has 0 unspecified atom stereocenters. The molecule has 1 aromatic carbocycles. The third-order valence-electron chi connectivity index (χ3n) is 5.16. The minimum atomic E-state index is 0.420. The average molecular weight is 359 g/mol. The number of nitrogens with one attached hydrogen (secondary N) is 1. The minimum absolute atomic E-state index is 0.420. The molecule has 0 aliphatic carbocycles. The zero-order valence-electron chi connectivity index (χ0n) is 16.2. The highest BCUT2D eigenvalue weighted by molar-refractivity contribution is 5.43. The molecule has 2 heterocycles. The van der Waals surface area contributed by atoms with Crippen LogP contribution in [-0.4, -0.2) is 43.3 Å². The summed E-state index contributed by atoms with van der Waals surface area (Å²) in [6.07, 6.45) is 2.58. The van der Waals surface area contributed by atoms with Crippen molar-refractivity contribution in [3.63, 3.8) is 0 Å². The summed E-state index contributed by atoms with van der Waals surface area (Å²) in [6.45, 7) is 7.28. The molecular formula is C20H29N3O3. The van der Waals surface area contributed by atoms with Gasteiger partial charge in [0.2, 0.25) is 0 Å². The maximum absolute atomic E-state index is 5.94. The molecule has 1 saturated heterocycles. The summed E-state index contributed by atoms with van der Waals surface area (Å²) in [7, 11) is 3.87. The van der Waals surface area contributed by atoms with Gasteiger partial charge in [-0.3, -0.25) is 0 Å². The van der Waals surface area contributed by atoms with Gasteiger partial charge in [-0.15, -0.1) is 0 Å². The largest absolute Gasteiger partial charge is 0.493 e. The maximum Gasteiger partial charge on any atom is 0.161 e. The predicted molar refractivity (Wildman–Crippen MR) is 101 cm³/mol. The first-order valence-electron chi connectivity index (χ1n) is 9.21. The van der Waals surface area contributed by atoms with E-state index in [-0.39, 0.29) is 0 Å². The fourth-order valence-corrected chi connectivity index (χ4v) is 3.42. The molecule has 2 aromatic rings. The molecule has 1 aliphatic heterocycles. The van der Waals surface area contributed by atoms with Crippen LogP contribution < -0.4 is 14.8 Å². The number of likely N-dealkylation sites (N-methyl/N-ethyl adjacent to an activating group) is 1. The molecule has 0 radical (unpaired) electrons. The molecule has 6 nitrogen and oxygen atoms in total. The van der Waals surface area contributed by atoms with E-state index in [2.05, 4.69) is 28.5 Å². The highest BCUT2D eigenvalue weighted by atomic mass is 16.5.